The Kier molecular flexibility index (Phi) is 6.09. The molecule has 2 aromatic rings. The van der Waals surface area contributed by atoms with Gasteiger partial charge in [0.1, 0.15) is 5.75 Å². The summed E-state index contributed by atoms with van der Waals surface area (Å²) >= 11 is 5.75. The Morgan fingerprint density at radius 2 is 1.67 bits per heavy atom. The van der Waals surface area contributed by atoms with Gasteiger partial charge in [-0.3, -0.25) is 0 Å². The van der Waals surface area contributed by atoms with Crippen molar-refractivity contribution in [2.45, 2.75) is 18.5 Å². The molecule has 0 aliphatic carbocycles. The van der Waals surface area contributed by atoms with E-state index in [-0.39, 0.29) is 5.69 Å². The van der Waals surface area contributed by atoms with E-state index in [1.807, 2.05) is 0 Å². The summed E-state index contributed by atoms with van der Waals surface area (Å²) in [5.74, 6) is -0.851. The Hall–Kier alpha value is -2.62. The Morgan fingerprint density at radius 3 is 2.30 bits per heavy atom. The van der Waals surface area contributed by atoms with Crippen LogP contribution in [0.15, 0.2) is 48.5 Å². The van der Waals surface area contributed by atoms with Crippen molar-refractivity contribution in [1.29, 1.82) is 0 Å². The Bertz CT molecular complexity index is 815. The molecule has 11 heteroatoms. The van der Waals surface area contributed by atoms with E-state index in [4.69, 9.17) is 11.6 Å². The quantitative estimate of drug-likeness (QED) is 0.605. The largest absolute Gasteiger partial charge is 0.439 e. The topological polar surface area (TPSA) is 50.4 Å². The number of halogens is 7. The van der Waals surface area contributed by atoms with Crippen molar-refractivity contribution in [3.05, 3.63) is 53.6 Å². The van der Waals surface area contributed by atoms with Crippen LogP contribution in [0.25, 0.3) is 0 Å². The number of hydrogen-bond acceptors (Lipinski definition) is 2. The number of alkyl halides is 6. The number of carbonyl (C=O) groups excluding carboxylic acids is 1. The normalized spacial score (nSPS) is 13.0. The van der Waals surface area contributed by atoms with Gasteiger partial charge in [0.05, 0.1) is 5.69 Å². The third-order valence-corrected chi connectivity index (χ3v) is 3.28. The standard InChI is InChI=1S/C16H11ClF6N2O2/c17-9-4-3-5-10(8-9)24-14(26)25-11-6-1-2-7-12(11)27-16(22,23)13(18)15(19,20)21/h1-8,13H,(H2,24,25,26). The monoisotopic (exact) mass is 412 g/mol. The molecule has 0 aliphatic rings. The Balaban J connectivity index is 2.14. The number of anilines is 2. The van der Waals surface area contributed by atoms with Gasteiger partial charge in [-0.1, -0.05) is 29.8 Å². The van der Waals surface area contributed by atoms with Gasteiger partial charge in [-0.25, -0.2) is 9.18 Å². The fraction of sp³-hybridized carbons (Fsp3) is 0.188. The van der Waals surface area contributed by atoms with Crippen LogP contribution in [0, 0.1) is 0 Å². The molecule has 0 aliphatic heterocycles. The lowest BCUT2D eigenvalue weighted by atomic mass is 10.3. The minimum atomic E-state index is -5.82. The highest BCUT2D eigenvalue weighted by molar-refractivity contribution is 6.30. The second-order valence-electron chi connectivity index (χ2n) is 5.15. The van der Waals surface area contributed by atoms with Crippen molar-refractivity contribution in [3.63, 3.8) is 0 Å². The van der Waals surface area contributed by atoms with Crippen LogP contribution in [0.3, 0.4) is 0 Å². The molecule has 2 N–H and O–H groups in total. The molecule has 0 radical (unpaired) electrons. The zero-order valence-corrected chi connectivity index (χ0v) is 13.9. The first kappa shape index (κ1) is 20.7. The van der Waals surface area contributed by atoms with E-state index in [1.165, 1.54) is 24.3 Å². The van der Waals surface area contributed by atoms with Crippen molar-refractivity contribution >= 4 is 29.0 Å². The third kappa shape index (κ3) is 5.68. The number of ether oxygens (including phenoxy) is 1. The van der Waals surface area contributed by atoms with Crippen molar-refractivity contribution < 1.29 is 35.9 Å². The van der Waals surface area contributed by atoms with E-state index in [0.29, 0.717) is 5.02 Å². The number of benzene rings is 2. The van der Waals surface area contributed by atoms with Gasteiger partial charge in [0.15, 0.2) is 0 Å². The molecule has 1 unspecified atom stereocenters. The lowest BCUT2D eigenvalue weighted by molar-refractivity contribution is -0.304. The van der Waals surface area contributed by atoms with Gasteiger partial charge in [0.25, 0.3) is 6.17 Å². The summed E-state index contributed by atoms with van der Waals surface area (Å²) < 4.78 is 80.4. The van der Waals surface area contributed by atoms with Crippen LogP contribution in [0.5, 0.6) is 5.75 Å². The maximum atomic E-state index is 13.4. The average Bonchev–Trinajstić information content (AvgIpc) is 2.55. The number of nitrogens with one attached hydrogen (secondary N) is 2. The van der Waals surface area contributed by atoms with Gasteiger partial charge in [0, 0.05) is 10.7 Å². The summed E-state index contributed by atoms with van der Waals surface area (Å²) in [4.78, 5) is 11.9. The zero-order valence-electron chi connectivity index (χ0n) is 13.2. The molecule has 0 bridgehead atoms. The number of hydrogen-bond donors (Lipinski definition) is 2. The van der Waals surface area contributed by atoms with Crippen molar-refractivity contribution in [2.24, 2.45) is 0 Å². The lowest BCUT2D eigenvalue weighted by Gasteiger charge is -2.24. The van der Waals surface area contributed by atoms with Gasteiger partial charge >= 0.3 is 18.3 Å². The molecule has 2 rings (SSSR count). The summed E-state index contributed by atoms with van der Waals surface area (Å²) in [6.45, 7) is 0. The van der Waals surface area contributed by atoms with Crippen molar-refractivity contribution in [3.8, 4) is 5.75 Å². The molecule has 0 aromatic heterocycles. The van der Waals surface area contributed by atoms with E-state index in [2.05, 4.69) is 15.4 Å². The van der Waals surface area contributed by atoms with Crippen LogP contribution < -0.4 is 15.4 Å². The van der Waals surface area contributed by atoms with Crippen LogP contribution >= 0.6 is 11.6 Å². The van der Waals surface area contributed by atoms with Gasteiger partial charge in [-0.2, -0.15) is 22.0 Å². The fourth-order valence-electron chi connectivity index (χ4n) is 1.90. The summed E-state index contributed by atoms with van der Waals surface area (Å²) in [6, 6.07) is 9.45. The molecule has 0 fully saturated rings. The average molecular weight is 413 g/mol. The van der Waals surface area contributed by atoms with Gasteiger partial charge < -0.3 is 15.4 Å². The molecule has 0 heterocycles. The highest BCUT2D eigenvalue weighted by Crippen LogP contribution is 2.38. The second-order valence-corrected chi connectivity index (χ2v) is 5.59. The molecular formula is C16H11ClF6N2O2. The van der Waals surface area contributed by atoms with E-state index in [0.717, 1.165) is 18.2 Å². The smallest absolute Gasteiger partial charge is 0.428 e. The Morgan fingerprint density at radius 1 is 1.00 bits per heavy atom. The second kappa shape index (κ2) is 7.95. The van der Waals surface area contributed by atoms with Crippen LogP contribution in [0.2, 0.25) is 5.02 Å². The summed E-state index contributed by atoms with van der Waals surface area (Å²) in [7, 11) is 0. The third-order valence-electron chi connectivity index (χ3n) is 3.05. The van der Waals surface area contributed by atoms with E-state index in [1.54, 1.807) is 6.07 Å². The summed E-state index contributed by atoms with van der Waals surface area (Å²) in [5, 5.41) is 4.78. The van der Waals surface area contributed by atoms with Crippen LogP contribution in [-0.4, -0.2) is 24.5 Å². The molecule has 27 heavy (non-hydrogen) atoms. The molecule has 146 valence electrons. The molecule has 0 saturated carbocycles. The first-order valence-electron chi connectivity index (χ1n) is 7.19. The molecule has 0 saturated heterocycles. The maximum absolute atomic E-state index is 13.4. The van der Waals surface area contributed by atoms with E-state index in [9.17, 15) is 31.1 Å². The number of para-hydroxylation sites is 2. The number of carbonyl (C=O) groups is 1. The first-order chi connectivity index (χ1) is 12.5. The predicted molar refractivity (Wildman–Crippen MR) is 87.1 cm³/mol. The molecule has 4 nitrogen and oxygen atoms in total. The number of rotatable bonds is 5. The van der Waals surface area contributed by atoms with E-state index < -0.39 is 35.9 Å². The summed E-state index contributed by atoms with van der Waals surface area (Å²) in [5.41, 5.74) is -0.129. The minimum absolute atomic E-state index is 0.268. The highest BCUT2D eigenvalue weighted by Gasteiger charge is 2.59. The van der Waals surface area contributed by atoms with Crippen LogP contribution in [0.4, 0.5) is 42.5 Å². The lowest BCUT2D eigenvalue weighted by Crippen LogP contribution is -2.45. The molecule has 2 aromatic carbocycles. The number of amides is 2. The highest BCUT2D eigenvalue weighted by atomic mass is 35.5. The maximum Gasteiger partial charge on any atom is 0.439 e. The van der Waals surface area contributed by atoms with Crippen LogP contribution in [0.1, 0.15) is 0 Å². The number of urea groups is 1. The zero-order chi connectivity index (χ0) is 20.2. The minimum Gasteiger partial charge on any atom is -0.428 e. The van der Waals surface area contributed by atoms with Gasteiger partial charge in [-0.05, 0) is 30.3 Å². The summed E-state index contributed by atoms with van der Waals surface area (Å²) in [6.07, 6.45) is -15.6. The van der Waals surface area contributed by atoms with Gasteiger partial charge in [0.2, 0.25) is 0 Å². The Labute approximate surface area is 154 Å². The molecule has 1 atom stereocenters. The predicted octanol–water partition coefficient (Wildman–Crippen LogP) is 5.86. The fourth-order valence-corrected chi connectivity index (χ4v) is 2.09. The van der Waals surface area contributed by atoms with Crippen molar-refractivity contribution in [2.75, 3.05) is 10.6 Å². The first-order valence-corrected chi connectivity index (χ1v) is 7.57. The van der Waals surface area contributed by atoms with Crippen LogP contribution in [-0.2, 0) is 0 Å². The molecular weight excluding hydrogens is 402 g/mol. The SMILES string of the molecule is O=C(Nc1cccc(Cl)c1)Nc1ccccc1OC(F)(F)C(F)C(F)(F)F. The van der Waals surface area contributed by atoms with Gasteiger partial charge in [-0.15, -0.1) is 0 Å². The van der Waals surface area contributed by atoms with Crippen molar-refractivity contribution in [1.82, 2.24) is 0 Å². The molecule has 2 amide bonds. The van der Waals surface area contributed by atoms with E-state index >= 15 is 0 Å². The molecule has 0 spiro atoms.